The molecule has 0 aliphatic heterocycles. The van der Waals surface area contributed by atoms with Crippen molar-refractivity contribution in [2.24, 2.45) is 0 Å². The third-order valence-corrected chi connectivity index (χ3v) is 3.17. The molecule has 6 nitrogen and oxygen atoms in total. The van der Waals surface area contributed by atoms with Crippen LogP contribution in [0.2, 0.25) is 0 Å². The summed E-state index contributed by atoms with van der Waals surface area (Å²) in [7, 11) is 1.58. The van der Waals surface area contributed by atoms with E-state index in [1.807, 2.05) is 38.1 Å². The molecule has 6 heteroatoms. The molecule has 0 fully saturated rings. The highest BCUT2D eigenvalue weighted by atomic mass is 16.5. The summed E-state index contributed by atoms with van der Waals surface area (Å²) in [5.74, 6) is 1.42. The zero-order valence-corrected chi connectivity index (χ0v) is 12.8. The molecule has 114 valence electrons. The SMILES string of the molecule is COc1cc2nn(-c3ccc(OC(C)C)cc3)nc2cc1N. The Morgan fingerprint density at radius 2 is 1.68 bits per heavy atom. The van der Waals surface area contributed by atoms with Crippen molar-refractivity contribution in [3.63, 3.8) is 0 Å². The molecule has 0 amide bonds. The van der Waals surface area contributed by atoms with E-state index in [-0.39, 0.29) is 6.10 Å². The minimum absolute atomic E-state index is 0.145. The van der Waals surface area contributed by atoms with Crippen molar-refractivity contribution in [1.82, 2.24) is 15.0 Å². The number of methoxy groups -OCH3 is 1. The van der Waals surface area contributed by atoms with E-state index in [4.69, 9.17) is 15.2 Å². The maximum Gasteiger partial charge on any atom is 0.144 e. The Kier molecular flexibility index (Phi) is 3.58. The largest absolute Gasteiger partial charge is 0.495 e. The molecule has 0 atom stereocenters. The first kappa shape index (κ1) is 14.2. The minimum atomic E-state index is 0.145. The molecule has 2 N–H and O–H groups in total. The van der Waals surface area contributed by atoms with E-state index in [2.05, 4.69) is 10.2 Å². The summed E-state index contributed by atoms with van der Waals surface area (Å²) >= 11 is 0. The number of benzene rings is 2. The van der Waals surface area contributed by atoms with Crippen LogP contribution in [0.5, 0.6) is 11.5 Å². The maximum absolute atomic E-state index is 5.89. The van der Waals surface area contributed by atoms with Crippen LogP contribution in [0.1, 0.15) is 13.8 Å². The number of hydrogen-bond acceptors (Lipinski definition) is 5. The van der Waals surface area contributed by atoms with Gasteiger partial charge in [-0.3, -0.25) is 0 Å². The molecule has 0 bridgehead atoms. The van der Waals surface area contributed by atoms with E-state index >= 15 is 0 Å². The number of ether oxygens (including phenoxy) is 2. The Morgan fingerprint density at radius 1 is 1.05 bits per heavy atom. The normalized spacial score (nSPS) is 11.1. The van der Waals surface area contributed by atoms with Crippen LogP contribution in [-0.4, -0.2) is 28.2 Å². The van der Waals surface area contributed by atoms with Crippen molar-refractivity contribution in [3.05, 3.63) is 36.4 Å². The van der Waals surface area contributed by atoms with E-state index in [1.165, 1.54) is 0 Å². The zero-order chi connectivity index (χ0) is 15.7. The molecule has 0 radical (unpaired) electrons. The number of fused-ring (bicyclic) bond motifs is 1. The second kappa shape index (κ2) is 5.55. The molecule has 2 aromatic carbocycles. The minimum Gasteiger partial charge on any atom is -0.495 e. The Hall–Kier alpha value is -2.76. The van der Waals surface area contributed by atoms with Crippen LogP contribution in [0, 0.1) is 0 Å². The molecule has 0 saturated heterocycles. The van der Waals surface area contributed by atoms with Crippen molar-refractivity contribution < 1.29 is 9.47 Å². The van der Waals surface area contributed by atoms with Crippen molar-refractivity contribution in [2.45, 2.75) is 20.0 Å². The van der Waals surface area contributed by atoms with Crippen molar-refractivity contribution in [1.29, 1.82) is 0 Å². The van der Waals surface area contributed by atoms with Crippen LogP contribution in [0.3, 0.4) is 0 Å². The topological polar surface area (TPSA) is 75.2 Å². The second-order valence-electron chi connectivity index (χ2n) is 5.23. The standard InChI is InChI=1S/C16H18N4O2/c1-10(2)22-12-6-4-11(5-7-12)20-18-14-8-13(17)16(21-3)9-15(14)19-20/h4-10H,17H2,1-3H3. The van der Waals surface area contributed by atoms with E-state index in [0.29, 0.717) is 11.4 Å². The van der Waals surface area contributed by atoms with Gasteiger partial charge in [0.15, 0.2) is 0 Å². The maximum atomic E-state index is 5.89. The summed E-state index contributed by atoms with van der Waals surface area (Å²) in [6.45, 7) is 3.99. The van der Waals surface area contributed by atoms with Gasteiger partial charge in [-0.1, -0.05) is 0 Å². The van der Waals surface area contributed by atoms with E-state index in [9.17, 15) is 0 Å². The fourth-order valence-corrected chi connectivity index (χ4v) is 2.18. The number of nitrogen functional groups attached to an aromatic ring is 1. The lowest BCUT2D eigenvalue weighted by molar-refractivity contribution is 0.242. The Labute approximate surface area is 128 Å². The molecule has 1 heterocycles. The van der Waals surface area contributed by atoms with E-state index < -0.39 is 0 Å². The van der Waals surface area contributed by atoms with Gasteiger partial charge in [-0.25, -0.2) is 0 Å². The van der Waals surface area contributed by atoms with Gasteiger partial charge in [0.1, 0.15) is 22.5 Å². The average molecular weight is 298 g/mol. The molecule has 0 unspecified atom stereocenters. The molecule has 0 aliphatic rings. The predicted molar refractivity (Wildman–Crippen MR) is 85.6 cm³/mol. The molecule has 0 aliphatic carbocycles. The zero-order valence-electron chi connectivity index (χ0n) is 12.8. The van der Waals surface area contributed by atoms with Gasteiger partial charge in [0.05, 0.1) is 24.6 Å². The average Bonchev–Trinajstić information content (AvgIpc) is 2.89. The first-order valence-corrected chi connectivity index (χ1v) is 7.04. The molecular weight excluding hydrogens is 280 g/mol. The van der Waals surface area contributed by atoms with E-state index in [1.54, 1.807) is 24.0 Å². The van der Waals surface area contributed by atoms with Crippen LogP contribution in [0.25, 0.3) is 16.7 Å². The van der Waals surface area contributed by atoms with Crippen LogP contribution in [-0.2, 0) is 0 Å². The fraction of sp³-hybridized carbons (Fsp3) is 0.250. The number of rotatable bonds is 4. The van der Waals surface area contributed by atoms with Crippen LogP contribution in [0.15, 0.2) is 36.4 Å². The Bertz CT molecular complexity index is 794. The number of nitrogens with two attached hydrogens (primary N) is 1. The lowest BCUT2D eigenvalue weighted by atomic mass is 10.2. The molecular formula is C16H18N4O2. The van der Waals surface area contributed by atoms with E-state index in [0.717, 1.165) is 22.5 Å². The van der Waals surface area contributed by atoms with Crippen LogP contribution in [0.4, 0.5) is 5.69 Å². The highest BCUT2D eigenvalue weighted by molar-refractivity contribution is 5.81. The monoisotopic (exact) mass is 298 g/mol. The summed E-state index contributed by atoms with van der Waals surface area (Å²) in [5.41, 5.74) is 8.74. The lowest BCUT2D eigenvalue weighted by Crippen LogP contribution is -2.05. The smallest absolute Gasteiger partial charge is 0.144 e. The van der Waals surface area contributed by atoms with Gasteiger partial charge in [0.25, 0.3) is 0 Å². The number of anilines is 1. The fourth-order valence-electron chi connectivity index (χ4n) is 2.18. The number of nitrogens with zero attached hydrogens (tertiary/aromatic N) is 3. The van der Waals surface area contributed by atoms with Gasteiger partial charge in [-0.05, 0) is 44.2 Å². The van der Waals surface area contributed by atoms with Crippen molar-refractivity contribution in [2.75, 3.05) is 12.8 Å². The van der Waals surface area contributed by atoms with Gasteiger partial charge in [-0.2, -0.15) is 4.80 Å². The Balaban J connectivity index is 1.96. The first-order chi connectivity index (χ1) is 10.6. The molecule has 1 aromatic heterocycles. The molecule has 22 heavy (non-hydrogen) atoms. The summed E-state index contributed by atoms with van der Waals surface area (Å²) in [6.07, 6.45) is 0.145. The first-order valence-electron chi connectivity index (χ1n) is 7.04. The third-order valence-electron chi connectivity index (χ3n) is 3.17. The summed E-state index contributed by atoms with van der Waals surface area (Å²) in [5, 5.41) is 8.89. The summed E-state index contributed by atoms with van der Waals surface area (Å²) in [6, 6.07) is 11.2. The molecule has 3 rings (SSSR count). The van der Waals surface area contributed by atoms with Gasteiger partial charge < -0.3 is 15.2 Å². The number of hydrogen-bond donors (Lipinski definition) is 1. The summed E-state index contributed by atoms with van der Waals surface area (Å²) < 4.78 is 10.8. The highest BCUT2D eigenvalue weighted by Crippen LogP contribution is 2.26. The highest BCUT2D eigenvalue weighted by Gasteiger charge is 2.09. The van der Waals surface area contributed by atoms with Crippen LogP contribution < -0.4 is 15.2 Å². The van der Waals surface area contributed by atoms with Crippen molar-refractivity contribution in [3.8, 4) is 17.2 Å². The molecule has 0 saturated carbocycles. The van der Waals surface area contributed by atoms with Gasteiger partial charge >= 0.3 is 0 Å². The predicted octanol–water partition coefficient (Wildman–Crippen LogP) is 2.80. The summed E-state index contributed by atoms with van der Waals surface area (Å²) in [4.78, 5) is 1.57. The number of aromatic nitrogens is 3. The van der Waals surface area contributed by atoms with Gasteiger partial charge in [0.2, 0.25) is 0 Å². The van der Waals surface area contributed by atoms with Crippen molar-refractivity contribution >= 4 is 16.7 Å². The van der Waals surface area contributed by atoms with Gasteiger partial charge in [0, 0.05) is 6.07 Å². The Morgan fingerprint density at radius 3 is 2.27 bits per heavy atom. The van der Waals surface area contributed by atoms with Crippen LogP contribution >= 0.6 is 0 Å². The quantitative estimate of drug-likeness (QED) is 0.750. The third kappa shape index (κ3) is 2.67. The second-order valence-corrected chi connectivity index (χ2v) is 5.23. The molecule has 0 spiro atoms. The lowest BCUT2D eigenvalue weighted by Gasteiger charge is -2.09. The molecule has 3 aromatic rings. The van der Waals surface area contributed by atoms with Gasteiger partial charge in [-0.15, -0.1) is 10.2 Å².